The summed E-state index contributed by atoms with van der Waals surface area (Å²) in [5, 5.41) is 0. The average molecular weight is 420 g/mol. The van der Waals surface area contributed by atoms with Crippen molar-refractivity contribution in [3.8, 4) is 22.3 Å². The molecule has 0 fully saturated rings. The molecule has 0 amide bonds. The van der Waals surface area contributed by atoms with Crippen LogP contribution >= 0.6 is 20.4 Å². The number of rotatable bonds is 1. The molecule has 144 valence electrons. The number of nitrogens with zero attached hydrogens (tertiary/aromatic N) is 2. The molecule has 29 heavy (non-hydrogen) atoms. The van der Waals surface area contributed by atoms with Crippen LogP contribution in [-0.2, 0) is 5.41 Å². The Morgan fingerprint density at radius 2 is 1.52 bits per heavy atom. The molecular formula is C23H21BFN2PS. The molecule has 1 atom stereocenters. The molecule has 4 aromatic rings. The summed E-state index contributed by atoms with van der Waals surface area (Å²) < 4.78 is 25.3. The molecule has 1 unspecified atom stereocenters. The minimum atomic E-state index is -2.37. The molecular weight excluding hydrogens is 397 g/mol. The Hall–Kier alpha value is -2.10. The van der Waals surface area contributed by atoms with Gasteiger partial charge in [-0.3, -0.25) is 0 Å². The van der Waals surface area contributed by atoms with E-state index in [1.807, 2.05) is 0 Å². The van der Waals surface area contributed by atoms with E-state index >= 15 is 0 Å². The fourth-order valence-electron chi connectivity index (χ4n) is 4.24. The second-order valence-corrected chi connectivity index (χ2v) is 8.65. The first kappa shape index (κ1) is 18.9. The summed E-state index contributed by atoms with van der Waals surface area (Å²) in [4.78, 5) is 0. The van der Waals surface area contributed by atoms with Crippen LogP contribution in [0.1, 0.15) is 36.1 Å². The van der Waals surface area contributed by atoms with E-state index in [9.17, 15) is 4.20 Å². The predicted molar refractivity (Wildman–Crippen MR) is 125 cm³/mol. The molecule has 1 aromatic heterocycles. The lowest BCUT2D eigenvalue weighted by Gasteiger charge is -2.22. The van der Waals surface area contributed by atoms with Crippen molar-refractivity contribution < 1.29 is 4.20 Å². The number of aromatic nitrogens is 2. The molecule has 0 N–H and O–H groups in total. The van der Waals surface area contributed by atoms with Crippen LogP contribution in [0.3, 0.4) is 0 Å². The zero-order valence-corrected chi connectivity index (χ0v) is 18.5. The molecule has 6 heteroatoms. The summed E-state index contributed by atoms with van der Waals surface area (Å²) in [6, 6.07) is 18.0. The lowest BCUT2D eigenvalue weighted by atomic mass is 9.81. The van der Waals surface area contributed by atoms with Gasteiger partial charge in [0.1, 0.15) is 11.0 Å². The summed E-state index contributed by atoms with van der Waals surface area (Å²) in [5.41, 5.74) is 12.5. The van der Waals surface area contributed by atoms with Crippen LogP contribution in [0.25, 0.3) is 33.3 Å². The second-order valence-electron chi connectivity index (χ2n) is 7.92. The van der Waals surface area contributed by atoms with Crippen LogP contribution in [0.5, 0.6) is 0 Å². The van der Waals surface area contributed by atoms with Gasteiger partial charge in [0.15, 0.2) is 7.57 Å². The third kappa shape index (κ3) is 3.31. The molecule has 0 bridgehead atoms. The van der Waals surface area contributed by atoms with Gasteiger partial charge in [0.25, 0.3) is 0 Å². The second kappa shape index (κ2) is 7.62. The van der Waals surface area contributed by atoms with Crippen LogP contribution < -0.4 is 0 Å². The summed E-state index contributed by atoms with van der Waals surface area (Å²) >= 11 is 1.29. The third-order valence-corrected chi connectivity index (χ3v) is 6.29. The van der Waals surface area contributed by atoms with E-state index in [1.54, 1.807) is 0 Å². The highest BCUT2D eigenvalue weighted by atomic mass is 32.1. The SMILES string of the molecule is Cc1ccc2c(c1)C(C)(C)c1cc(-c3ccc(C)c4nsnc34)ccc1-2.[3H]P([B])F. The summed E-state index contributed by atoms with van der Waals surface area (Å²) in [6.45, 7) is 8.92. The minimum Gasteiger partial charge on any atom is -0.243 e. The highest BCUT2D eigenvalue weighted by molar-refractivity contribution is 7.61. The van der Waals surface area contributed by atoms with Crippen molar-refractivity contribution in [2.45, 2.75) is 33.1 Å². The zero-order chi connectivity index (χ0) is 21.6. The maximum Gasteiger partial charge on any atom is 0.151 e. The fourth-order valence-corrected chi connectivity index (χ4v) is 4.86. The first-order valence-corrected chi connectivity index (χ1v) is 11.0. The number of hydrogen-bond acceptors (Lipinski definition) is 3. The van der Waals surface area contributed by atoms with E-state index in [0.29, 0.717) is 0 Å². The average Bonchev–Trinajstić information content (AvgIpc) is 3.25. The van der Waals surface area contributed by atoms with Crippen LogP contribution in [-0.4, -0.2) is 17.6 Å². The molecule has 1 aliphatic rings. The van der Waals surface area contributed by atoms with Crippen LogP contribution in [0, 0.1) is 13.8 Å². The Balaban J connectivity index is 0.000000503. The number of halogens is 1. The van der Waals surface area contributed by atoms with Gasteiger partial charge in [-0.15, -0.1) is 0 Å². The topological polar surface area (TPSA) is 25.8 Å². The van der Waals surface area contributed by atoms with Crippen molar-refractivity contribution in [1.29, 1.82) is 1.28 Å². The van der Waals surface area contributed by atoms with Gasteiger partial charge in [-0.1, -0.05) is 61.9 Å². The Bertz CT molecular complexity index is 1250. The monoisotopic (exact) mass is 420 g/mol. The standard InChI is InChI=1S/C23H20N2S.BFHP/c1-13-5-8-17-18-10-7-15(12-20(18)23(3,4)19(17)11-13)16-9-6-14(2)21-22(16)25-26-24-21;1-3-2/h5-12H,1-4H3;3H/i;3T. The zero-order valence-electron chi connectivity index (χ0n) is 17.8. The molecule has 0 aliphatic heterocycles. The maximum atomic E-state index is 10.5. The number of aryl methyl sites for hydroxylation is 2. The molecule has 0 saturated heterocycles. The van der Waals surface area contributed by atoms with Crippen molar-refractivity contribution in [3.63, 3.8) is 0 Å². The molecule has 1 aliphatic carbocycles. The number of hydrogen-bond donors (Lipinski definition) is 0. The largest absolute Gasteiger partial charge is 0.243 e. The van der Waals surface area contributed by atoms with E-state index in [-0.39, 0.29) is 5.41 Å². The van der Waals surface area contributed by atoms with Gasteiger partial charge in [0.2, 0.25) is 0 Å². The molecule has 2 radical (unpaired) electrons. The lowest BCUT2D eigenvalue weighted by Crippen LogP contribution is -2.15. The Labute approximate surface area is 179 Å². The van der Waals surface area contributed by atoms with E-state index in [0.717, 1.165) is 11.0 Å². The lowest BCUT2D eigenvalue weighted by molar-refractivity contribution is 0.660. The summed E-state index contributed by atoms with van der Waals surface area (Å²) in [6.07, 6.45) is 0. The van der Waals surface area contributed by atoms with Crippen molar-refractivity contribution in [2.24, 2.45) is 0 Å². The van der Waals surface area contributed by atoms with Gasteiger partial charge >= 0.3 is 0 Å². The number of benzene rings is 3. The van der Waals surface area contributed by atoms with E-state index < -0.39 is 8.72 Å². The third-order valence-electron chi connectivity index (χ3n) is 5.76. The minimum absolute atomic E-state index is 0.0107. The maximum absolute atomic E-state index is 10.5. The first-order valence-electron chi connectivity index (χ1n) is 9.82. The highest BCUT2D eigenvalue weighted by Crippen LogP contribution is 2.50. The molecule has 5 rings (SSSR count). The van der Waals surface area contributed by atoms with E-state index in [1.165, 1.54) is 56.2 Å². The fraction of sp³-hybridized carbons (Fsp3) is 0.217. The van der Waals surface area contributed by atoms with Crippen LogP contribution in [0.2, 0.25) is 0 Å². The van der Waals surface area contributed by atoms with Gasteiger partial charge in [-0.2, -0.15) is 8.75 Å². The Morgan fingerprint density at radius 3 is 2.24 bits per heavy atom. The molecule has 0 spiro atoms. The van der Waals surface area contributed by atoms with Crippen molar-refractivity contribution in [2.75, 3.05) is 0 Å². The van der Waals surface area contributed by atoms with Crippen LogP contribution in [0.4, 0.5) is 4.20 Å². The van der Waals surface area contributed by atoms with Gasteiger partial charge < -0.3 is 0 Å². The Kier molecular flexibility index (Phi) is 4.97. The predicted octanol–water partition coefficient (Wildman–Crippen LogP) is 6.91. The van der Waals surface area contributed by atoms with Crippen LogP contribution in [0.15, 0.2) is 48.5 Å². The summed E-state index contributed by atoms with van der Waals surface area (Å²) in [7, 11) is 1.81. The normalized spacial score (nSPS) is 15.1. The van der Waals surface area contributed by atoms with Crippen molar-refractivity contribution in [1.82, 2.24) is 8.75 Å². The van der Waals surface area contributed by atoms with E-state index in [4.69, 9.17) is 1.28 Å². The van der Waals surface area contributed by atoms with Crippen molar-refractivity contribution >= 4 is 39.0 Å². The van der Waals surface area contributed by atoms with Gasteiger partial charge in [0, 0.05) is 19.7 Å². The van der Waals surface area contributed by atoms with Gasteiger partial charge in [-0.05, 0) is 53.3 Å². The Morgan fingerprint density at radius 1 is 0.931 bits per heavy atom. The molecule has 1 heterocycles. The quantitative estimate of drug-likeness (QED) is 0.247. The highest BCUT2D eigenvalue weighted by Gasteiger charge is 2.35. The first-order chi connectivity index (χ1) is 14.2. The van der Waals surface area contributed by atoms with Gasteiger partial charge in [-0.25, -0.2) is 4.20 Å². The summed E-state index contributed by atoms with van der Waals surface area (Å²) in [5.74, 6) is 0. The smallest absolute Gasteiger partial charge is 0.151 e. The van der Waals surface area contributed by atoms with Gasteiger partial charge in [0.05, 0.1) is 13.0 Å². The molecule has 3 aromatic carbocycles. The van der Waals surface area contributed by atoms with E-state index in [2.05, 4.69) is 92.5 Å². The molecule has 2 nitrogen and oxygen atoms in total. The number of fused-ring (bicyclic) bond motifs is 4. The van der Waals surface area contributed by atoms with Crippen molar-refractivity contribution in [3.05, 3.63) is 70.8 Å². The molecule has 0 saturated carbocycles.